The summed E-state index contributed by atoms with van der Waals surface area (Å²) in [6, 6.07) is 7.65. The Morgan fingerprint density at radius 3 is 2.79 bits per heavy atom. The fourth-order valence-corrected chi connectivity index (χ4v) is 2.42. The van der Waals surface area contributed by atoms with Crippen LogP contribution in [-0.4, -0.2) is 38.3 Å². The minimum atomic E-state index is -0.271. The fourth-order valence-electron chi connectivity index (χ4n) is 2.42. The molecule has 0 unspecified atom stereocenters. The van der Waals surface area contributed by atoms with Crippen molar-refractivity contribution in [1.82, 2.24) is 5.32 Å². The quantitative estimate of drug-likeness (QED) is 0.828. The molecule has 1 aliphatic heterocycles. The van der Waals surface area contributed by atoms with E-state index in [9.17, 15) is 4.79 Å². The molecule has 0 bridgehead atoms. The topological polar surface area (TPSA) is 41.6 Å². The minimum absolute atomic E-state index is 0.148. The molecule has 0 spiro atoms. The maximum absolute atomic E-state index is 11.8. The number of methoxy groups -OCH3 is 1. The highest BCUT2D eigenvalue weighted by molar-refractivity contribution is 5.95. The largest absolute Gasteiger partial charge is 0.465 e. The molecular formula is C15H22N2O2. The van der Waals surface area contributed by atoms with Gasteiger partial charge in [0, 0.05) is 25.2 Å². The summed E-state index contributed by atoms with van der Waals surface area (Å²) in [4.78, 5) is 14.1. The van der Waals surface area contributed by atoms with Crippen LogP contribution in [0.5, 0.6) is 0 Å². The van der Waals surface area contributed by atoms with E-state index in [0.717, 1.165) is 31.7 Å². The average molecular weight is 262 g/mol. The summed E-state index contributed by atoms with van der Waals surface area (Å²) in [6.07, 6.45) is 1.04. The van der Waals surface area contributed by atoms with Crippen molar-refractivity contribution in [3.05, 3.63) is 29.8 Å². The Balaban J connectivity index is 2.24. The van der Waals surface area contributed by atoms with Crippen LogP contribution in [0.3, 0.4) is 0 Å². The molecule has 2 rings (SSSR count). The van der Waals surface area contributed by atoms with E-state index in [1.54, 1.807) is 0 Å². The molecule has 0 radical (unpaired) electrons. The minimum Gasteiger partial charge on any atom is -0.465 e. The molecule has 1 fully saturated rings. The lowest BCUT2D eigenvalue weighted by molar-refractivity contribution is 0.0601. The summed E-state index contributed by atoms with van der Waals surface area (Å²) in [5.74, 6) is -0.271. The highest BCUT2D eigenvalue weighted by Crippen LogP contribution is 2.24. The van der Waals surface area contributed by atoms with Gasteiger partial charge in [0.1, 0.15) is 0 Å². The number of anilines is 1. The molecule has 0 aromatic heterocycles. The van der Waals surface area contributed by atoms with Crippen LogP contribution in [0.4, 0.5) is 5.69 Å². The van der Waals surface area contributed by atoms with E-state index in [2.05, 4.69) is 24.1 Å². The number of ether oxygens (including phenoxy) is 1. The van der Waals surface area contributed by atoms with Gasteiger partial charge >= 0.3 is 5.97 Å². The molecule has 1 saturated heterocycles. The predicted molar refractivity (Wildman–Crippen MR) is 76.7 cm³/mol. The van der Waals surface area contributed by atoms with Crippen molar-refractivity contribution in [2.75, 3.05) is 31.6 Å². The van der Waals surface area contributed by atoms with Gasteiger partial charge in [-0.05, 0) is 32.4 Å². The first-order valence-corrected chi connectivity index (χ1v) is 6.71. The Bertz CT molecular complexity index is 457. The average Bonchev–Trinajstić information content (AvgIpc) is 2.59. The molecule has 4 heteroatoms. The lowest BCUT2D eigenvalue weighted by Crippen LogP contribution is -2.39. The summed E-state index contributed by atoms with van der Waals surface area (Å²) >= 11 is 0. The van der Waals surface area contributed by atoms with Crippen LogP contribution >= 0.6 is 0 Å². The summed E-state index contributed by atoms with van der Waals surface area (Å²) < 4.78 is 4.86. The predicted octanol–water partition coefficient (Wildman–Crippen LogP) is 2.05. The number of nitrogens with zero attached hydrogens (tertiary/aromatic N) is 1. The van der Waals surface area contributed by atoms with Crippen molar-refractivity contribution in [2.45, 2.75) is 25.8 Å². The van der Waals surface area contributed by atoms with Gasteiger partial charge < -0.3 is 15.0 Å². The molecule has 0 aliphatic carbocycles. The second-order valence-corrected chi connectivity index (χ2v) is 5.56. The van der Waals surface area contributed by atoms with Crippen LogP contribution in [0.15, 0.2) is 24.3 Å². The zero-order valence-electron chi connectivity index (χ0n) is 11.9. The van der Waals surface area contributed by atoms with E-state index in [-0.39, 0.29) is 11.5 Å². The van der Waals surface area contributed by atoms with E-state index in [1.807, 2.05) is 24.3 Å². The second kappa shape index (κ2) is 5.61. The monoisotopic (exact) mass is 262 g/mol. The number of hydrogen-bond donors (Lipinski definition) is 1. The van der Waals surface area contributed by atoms with Crippen molar-refractivity contribution in [3.63, 3.8) is 0 Å². The Morgan fingerprint density at radius 2 is 2.05 bits per heavy atom. The maximum atomic E-state index is 11.8. The Morgan fingerprint density at radius 1 is 1.32 bits per heavy atom. The van der Waals surface area contributed by atoms with Crippen LogP contribution in [0, 0.1) is 0 Å². The van der Waals surface area contributed by atoms with E-state index in [1.165, 1.54) is 7.11 Å². The van der Waals surface area contributed by atoms with E-state index in [4.69, 9.17) is 4.74 Å². The van der Waals surface area contributed by atoms with Gasteiger partial charge in [0.05, 0.1) is 18.4 Å². The number of nitrogens with one attached hydrogen (secondary N) is 1. The highest BCUT2D eigenvalue weighted by atomic mass is 16.5. The molecule has 4 nitrogen and oxygen atoms in total. The van der Waals surface area contributed by atoms with Gasteiger partial charge in [-0.25, -0.2) is 4.79 Å². The summed E-state index contributed by atoms with van der Waals surface area (Å²) in [7, 11) is 1.42. The van der Waals surface area contributed by atoms with Gasteiger partial charge in [0.25, 0.3) is 0 Å². The van der Waals surface area contributed by atoms with Gasteiger partial charge in [-0.1, -0.05) is 12.1 Å². The van der Waals surface area contributed by atoms with Crippen LogP contribution in [0.25, 0.3) is 0 Å². The van der Waals surface area contributed by atoms with Crippen LogP contribution < -0.4 is 10.2 Å². The SMILES string of the molecule is COC(=O)c1ccccc1N1CCNC(C)(C)CC1. The smallest absolute Gasteiger partial charge is 0.339 e. The summed E-state index contributed by atoms with van der Waals surface area (Å²) in [5, 5.41) is 3.53. The number of rotatable bonds is 2. The number of hydrogen-bond acceptors (Lipinski definition) is 4. The van der Waals surface area contributed by atoms with E-state index in [0.29, 0.717) is 5.56 Å². The standard InChI is InChI=1S/C15H22N2O2/c1-15(2)8-10-17(11-9-16-15)13-7-5-4-6-12(13)14(18)19-3/h4-7,16H,8-11H2,1-3H3. The first-order chi connectivity index (χ1) is 9.03. The van der Waals surface area contributed by atoms with Gasteiger partial charge in [0.2, 0.25) is 0 Å². The number of benzene rings is 1. The Labute approximate surface area is 114 Å². The molecule has 1 heterocycles. The van der Waals surface area contributed by atoms with Crippen molar-refractivity contribution >= 4 is 11.7 Å². The van der Waals surface area contributed by atoms with Crippen molar-refractivity contribution < 1.29 is 9.53 Å². The number of para-hydroxylation sites is 1. The number of esters is 1. The molecule has 0 amide bonds. The van der Waals surface area contributed by atoms with E-state index >= 15 is 0 Å². The van der Waals surface area contributed by atoms with Gasteiger partial charge in [-0.15, -0.1) is 0 Å². The highest BCUT2D eigenvalue weighted by Gasteiger charge is 2.24. The normalized spacial score (nSPS) is 18.8. The Kier molecular flexibility index (Phi) is 4.10. The molecule has 1 aliphatic rings. The summed E-state index contributed by atoms with van der Waals surface area (Å²) in [5.41, 5.74) is 1.76. The molecular weight excluding hydrogens is 240 g/mol. The fraction of sp³-hybridized carbons (Fsp3) is 0.533. The number of carbonyl (C=O) groups is 1. The van der Waals surface area contributed by atoms with E-state index < -0.39 is 0 Å². The van der Waals surface area contributed by atoms with Crippen LogP contribution in [-0.2, 0) is 4.74 Å². The zero-order valence-corrected chi connectivity index (χ0v) is 11.9. The summed E-state index contributed by atoms with van der Waals surface area (Å²) in [6.45, 7) is 7.18. The lowest BCUT2D eigenvalue weighted by Gasteiger charge is -2.25. The third-order valence-corrected chi connectivity index (χ3v) is 3.64. The van der Waals surface area contributed by atoms with Crippen molar-refractivity contribution in [1.29, 1.82) is 0 Å². The zero-order chi connectivity index (χ0) is 13.9. The lowest BCUT2D eigenvalue weighted by atomic mass is 10.0. The molecule has 1 aromatic rings. The third kappa shape index (κ3) is 3.26. The third-order valence-electron chi connectivity index (χ3n) is 3.64. The molecule has 0 saturated carbocycles. The second-order valence-electron chi connectivity index (χ2n) is 5.56. The maximum Gasteiger partial charge on any atom is 0.339 e. The van der Waals surface area contributed by atoms with Crippen LogP contribution in [0.2, 0.25) is 0 Å². The van der Waals surface area contributed by atoms with Crippen molar-refractivity contribution in [2.24, 2.45) is 0 Å². The molecule has 0 atom stereocenters. The van der Waals surface area contributed by atoms with Gasteiger partial charge in [-0.2, -0.15) is 0 Å². The molecule has 1 N–H and O–H groups in total. The van der Waals surface area contributed by atoms with Crippen molar-refractivity contribution in [3.8, 4) is 0 Å². The molecule has 104 valence electrons. The first kappa shape index (κ1) is 13.9. The molecule has 19 heavy (non-hydrogen) atoms. The number of carbonyl (C=O) groups excluding carboxylic acids is 1. The Hall–Kier alpha value is -1.55. The van der Waals surface area contributed by atoms with Gasteiger partial charge in [-0.3, -0.25) is 0 Å². The molecule has 1 aromatic carbocycles. The first-order valence-electron chi connectivity index (χ1n) is 6.71. The van der Waals surface area contributed by atoms with Crippen LogP contribution in [0.1, 0.15) is 30.6 Å². The van der Waals surface area contributed by atoms with Gasteiger partial charge in [0.15, 0.2) is 0 Å².